The molecule has 2 N–H and O–H groups in total. The van der Waals surface area contributed by atoms with Gasteiger partial charge in [0.1, 0.15) is 5.15 Å². The highest BCUT2D eigenvalue weighted by Gasteiger charge is 2.43. The van der Waals surface area contributed by atoms with Gasteiger partial charge in [0.05, 0.1) is 12.7 Å². The lowest BCUT2D eigenvalue weighted by molar-refractivity contribution is -0.0137. The Labute approximate surface area is 185 Å². The maximum absolute atomic E-state index is 6.25. The van der Waals surface area contributed by atoms with E-state index in [1.54, 1.807) is 12.3 Å². The van der Waals surface area contributed by atoms with E-state index in [2.05, 4.69) is 29.2 Å². The Balaban J connectivity index is 1.65. The third-order valence-corrected chi connectivity index (χ3v) is 7.39. The summed E-state index contributed by atoms with van der Waals surface area (Å²) in [6.07, 6.45) is 1.45. The number of thiocarbonyl (C=S) groups is 1. The summed E-state index contributed by atoms with van der Waals surface area (Å²) in [5.41, 5.74) is 1.69. The van der Waals surface area contributed by atoms with Crippen LogP contribution in [0.25, 0.3) is 0 Å². The monoisotopic (exact) mass is 475 g/mol. The van der Waals surface area contributed by atoms with Crippen LogP contribution in [0.15, 0.2) is 42.6 Å². The molecule has 0 spiro atoms. The fraction of sp³-hybridized carbons (Fsp3) is 0.333. The Morgan fingerprint density at radius 3 is 2.61 bits per heavy atom. The minimum Gasteiger partial charge on any atom is -0.358 e. The minimum absolute atomic E-state index is 0.236. The summed E-state index contributed by atoms with van der Waals surface area (Å²) >= 11 is 22.8. The van der Waals surface area contributed by atoms with E-state index in [9.17, 15) is 0 Å². The molecule has 1 aromatic heterocycles. The number of hydrogen-bond acceptors (Lipinski definition) is 5. The summed E-state index contributed by atoms with van der Waals surface area (Å²) in [6.45, 7) is 2.29. The Bertz CT molecular complexity index is 895. The largest absolute Gasteiger partial charge is 0.358 e. The lowest BCUT2D eigenvalue weighted by atomic mass is 9.83. The summed E-state index contributed by atoms with van der Waals surface area (Å²) in [5.74, 6) is 0. The minimum atomic E-state index is -2.80. The average molecular weight is 476 g/mol. The lowest BCUT2D eigenvalue weighted by Crippen LogP contribution is -2.40. The predicted octanol–water partition coefficient (Wildman–Crippen LogP) is 5.39. The Morgan fingerprint density at radius 2 is 1.96 bits per heavy atom. The molecular formula is C18H20Cl2N3O2PS2. The van der Waals surface area contributed by atoms with Gasteiger partial charge >= 0.3 is 0 Å². The van der Waals surface area contributed by atoms with Crippen LogP contribution >= 0.6 is 42.1 Å². The molecule has 5 nitrogen and oxygen atoms in total. The van der Waals surface area contributed by atoms with E-state index in [1.165, 1.54) is 0 Å². The number of halogens is 2. The second kappa shape index (κ2) is 8.92. The first-order valence-corrected chi connectivity index (χ1v) is 12.3. The van der Waals surface area contributed by atoms with Crippen LogP contribution in [0, 0.1) is 5.41 Å². The Hall–Kier alpha value is -0.790. The number of rotatable bonds is 4. The molecule has 0 amide bonds. The van der Waals surface area contributed by atoms with Gasteiger partial charge in [-0.2, -0.15) is 0 Å². The molecule has 2 heterocycles. The van der Waals surface area contributed by atoms with Crippen molar-refractivity contribution in [3.05, 3.63) is 63.9 Å². The van der Waals surface area contributed by atoms with Crippen LogP contribution in [0.1, 0.15) is 31.1 Å². The highest BCUT2D eigenvalue weighted by molar-refractivity contribution is 8.09. The number of benzene rings is 1. The highest BCUT2D eigenvalue weighted by Crippen LogP contribution is 2.58. The van der Waals surface area contributed by atoms with Crippen LogP contribution in [-0.4, -0.2) is 16.7 Å². The maximum atomic E-state index is 6.25. The average Bonchev–Trinajstić information content (AvgIpc) is 2.64. The van der Waals surface area contributed by atoms with Crippen molar-refractivity contribution in [3.63, 3.8) is 0 Å². The van der Waals surface area contributed by atoms with Gasteiger partial charge in [0.25, 0.3) is 6.64 Å². The second-order valence-electron chi connectivity index (χ2n) is 7.08. The van der Waals surface area contributed by atoms with Gasteiger partial charge in [-0.3, -0.25) is 5.09 Å². The summed E-state index contributed by atoms with van der Waals surface area (Å²) in [6, 6.07) is 11.2. The summed E-state index contributed by atoms with van der Waals surface area (Å²) in [5, 5.41) is 7.64. The zero-order chi connectivity index (χ0) is 20.4. The fourth-order valence-electron chi connectivity index (χ4n) is 2.70. The van der Waals surface area contributed by atoms with Gasteiger partial charge in [-0.15, -0.1) is 0 Å². The number of nitrogens with zero attached hydrogens (tertiary/aromatic N) is 1. The molecule has 0 radical (unpaired) electrons. The van der Waals surface area contributed by atoms with Crippen LogP contribution < -0.4 is 10.4 Å². The van der Waals surface area contributed by atoms with Crippen molar-refractivity contribution in [2.75, 3.05) is 6.61 Å². The van der Waals surface area contributed by atoms with Crippen molar-refractivity contribution >= 4 is 59.0 Å². The molecule has 1 saturated heterocycles. The number of pyridine rings is 1. The van der Waals surface area contributed by atoms with Gasteiger partial charge in [0.2, 0.25) is 0 Å². The zero-order valence-electron chi connectivity index (χ0n) is 15.3. The Morgan fingerprint density at radius 1 is 1.25 bits per heavy atom. The predicted molar refractivity (Wildman–Crippen MR) is 121 cm³/mol. The van der Waals surface area contributed by atoms with Gasteiger partial charge in [0, 0.05) is 23.2 Å². The highest BCUT2D eigenvalue weighted by atomic mass is 35.5. The van der Waals surface area contributed by atoms with Gasteiger partial charge in [-0.1, -0.05) is 55.2 Å². The van der Waals surface area contributed by atoms with Crippen LogP contribution in [0.4, 0.5) is 0 Å². The van der Waals surface area contributed by atoms with Gasteiger partial charge < -0.3 is 14.4 Å². The van der Waals surface area contributed by atoms with Crippen molar-refractivity contribution in [1.29, 1.82) is 0 Å². The van der Waals surface area contributed by atoms with E-state index in [-0.39, 0.29) is 11.5 Å². The Kier molecular flexibility index (Phi) is 6.98. The number of hydrogen-bond donors (Lipinski definition) is 2. The first-order valence-electron chi connectivity index (χ1n) is 8.52. The first kappa shape index (κ1) is 21.9. The molecule has 150 valence electrons. The molecule has 0 saturated carbocycles. The second-order valence-corrected chi connectivity index (χ2v) is 11.4. The van der Waals surface area contributed by atoms with Crippen LogP contribution in [0.2, 0.25) is 10.2 Å². The smallest absolute Gasteiger partial charge is 0.289 e. The number of nitrogens with one attached hydrogen (secondary N) is 2. The molecule has 1 aliphatic rings. The van der Waals surface area contributed by atoms with Gasteiger partial charge in [-0.25, -0.2) is 4.98 Å². The van der Waals surface area contributed by atoms with Crippen LogP contribution in [-0.2, 0) is 27.4 Å². The van der Waals surface area contributed by atoms with Crippen molar-refractivity contribution in [2.45, 2.75) is 26.5 Å². The quantitative estimate of drug-likeness (QED) is 0.349. The molecular weight excluding hydrogens is 456 g/mol. The third kappa shape index (κ3) is 5.63. The van der Waals surface area contributed by atoms with E-state index in [4.69, 9.17) is 56.3 Å². The van der Waals surface area contributed by atoms with Crippen molar-refractivity contribution < 1.29 is 9.05 Å². The van der Waals surface area contributed by atoms with Crippen molar-refractivity contribution in [3.8, 4) is 0 Å². The van der Waals surface area contributed by atoms with E-state index >= 15 is 0 Å². The molecule has 3 rings (SSSR count). The molecule has 0 unspecified atom stereocenters. The summed E-state index contributed by atoms with van der Waals surface area (Å²) < 4.78 is 12.1. The molecule has 0 bridgehead atoms. The molecule has 2 atom stereocenters. The molecule has 10 heteroatoms. The molecule has 2 aromatic rings. The SMILES string of the molecule is CC1(C)CO[P@](=S)(NC(=S)NCc2ccc(Cl)nc2)O[C@H]1c1ccc(Cl)cc1. The van der Waals surface area contributed by atoms with Crippen LogP contribution in [0.3, 0.4) is 0 Å². The molecule has 28 heavy (non-hydrogen) atoms. The van der Waals surface area contributed by atoms with Gasteiger partial charge in [-0.05, 0) is 53.4 Å². The lowest BCUT2D eigenvalue weighted by Gasteiger charge is -2.43. The molecule has 1 aromatic carbocycles. The van der Waals surface area contributed by atoms with E-state index in [1.807, 2.05) is 30.3 Å². The summed E-state index contributed by atoms with van der Waals surface area (Å²) in [4.78, 5) is 4.04. The molecule has 0 aliphatic carbocycles. The maximum Gasteiger partial charge on any atom is 0.289 e. The van der Waals surface area contributed by atoms with Crippen LogP contribution in [0.5, 0.6) is 0 Å². The van der Waals surface area contributed by atoms with Crippen molar-refractivity contribution in [2.24, 2.45) is 5.41 Å². The third-order valence-electron chi connectivity index (χ3n) is 4.21. The van der Waals surface area contributed by atoms with E-state index < -0.39 is 6.64 Å². The topological polar surface area (TPSA) is 55.4 Å². The van der Waals surface area contributed by atoms with Crippen molar-refractivity contribution in [1.82, 2.24) is 15.4 Å². The zero-order valence-corrected chi connectivity index (χ0v) is 19.4. The van der Waals surface area contributed by atoms with E-state index in [0.29, 0.717) is 28.4 Å². The molecule has 1 fully saturated rings. The standard InChI is InChI=1S/C18H20Cl2N3O2PS2/c1-18(2)11-24-26(28,25-16(18)13-4-6-14(19)7-5-13)23-17(27)22-10-12-3-8-15(20)21-9-12/h3-9,16H,10-11H2,1-2H3,(H2,22,23,27,28)/t16-,26+/m0/s1. The van der Waals surface area contributed by atoms with E-state index in [0.717, 1.165) is 11.1 Å². The fourth-order valence-corrected chi connectivity index (χ4v) is 5.93. The number of aromatic nitrogens is 1. The first-order chi connectivity index (χ1) is 13.2. The summed E-state index contributed by atoms with van der Waals surface area (Å²) in [7, 11) is 0. The normalized spacial score (nSPS) is 23.8. The van der Waals surface area contributed by atoms with Gasteiger partial charge in [0.15, 0.2) is 5.11 Å². The molecule has 1 aliphatic heterocycles.